The van der Waals surface area contributed by atoms with Crippen molar-refractivity contribution in [2.45, 2.75) is 13.3 Å². The highest BCUT2D eigenvalue weighted by Crippen LogP contribution is 2.31. The Morgan fingerprint density at radius 3 is 2.90 bits per heavy atom. The number of H-pyrrole nitrogens is 1. The van der Waals surface area contributed by atoms with E-state index in [2.05, 4.69) is 4.98 Å². The molecule has 0 aliphatic heterocycles. The van der Waals surface area contributed by atoms with E-state index in [4.69, 9.17) is 20.8 Å². The average molecular weight is 304 g/mol. The molecule has 0 amide bonds. The number of ketones is 1. The van der Waals surface area contributed by atoms with Gasteiger partial charge < -0.3 is 14.1 Å². The van der Waals surface area contributed by atoms with Gasteiger partial charge in [-0.3, -0.25) is 4.79 Å². The number of halogens is 1. The van der Waals surface area contributed by atoms with Gasteiger partial charge in [-0.25, -0.2) is 0 Å². The zero-order valence-corrected chi connectivity index (χ0v) is 12.2. The molecule has 2 heterocycles. The van der Waals surface area contributed by atoms with Crippen molar-refractivity contribution in [2.24, 2.45) is 0 Å². The molecule has 0 unspecified atom stereocenters. The highest BCUT2D eigenvalue weighted by Gasteiger charge is 2.20. The number of carbonyl (C=O) groups is 1. The van der Waals surface area contributed by atoms with Gasteiger partial charge in [0, 0.05) is 11.7 Å². The number of aromatic amines is 1. The number of aromatic nitrogens is 1. The maximum atomic E-state index is 12.5. The average Bonchev–Trinajstić information content (AvgIpc) is 3.11. The molecule has 3 rings (SSSR count). The van der Waals surface area contributed by atoms with Gasteiger partial charge in [-0.15, -0.1) is 0 Å². The van der Waals surface area contributed by atoms with Gasteiger partial charge >= 0.3 is 0 Å². The van der Waals surface area contributed by atoms with Gasteiger partial charge in [0.15, 0.2) is 11.0 Å². The summed E-state index contributed by atoms with van der Waals surface area (Å²) in [7, 11) is 0. The molecule has 0 atom stereocenters. The van der Waals surface area contributed by atoms with Gasteiger partial charge in [-0.2, -0.15) is 0 Å². The molecule has 21 heavy (non-hydrogen) atoms. The third kappa shape index (κ3) is 2.54. The highest BCUT2D eigenvalue weighted by molar-refractivity contribution is 6.29. The lowest BCUT2D eigenvalue weighted by Gasteiger charge is -2.07. The minimum Gasteiger partial charge on any atom is -0.493 e. The Balaban J connectivity index is 2.08. The SMILES string of the molecule is CCCOc1cccc2[nH]cc(C(=O)c3ccc(Cl)o3)c12. The summed E-state index contributed by atoms with van der Waals surface area (Å²) in [5, 5.41) is 0.962. The van der Waals surface area contributed by atoms with Gasteiger partial charge in [0.25, 0.3) is 0 Å². The van der Waals surface area contributed by atoms with Crippen LogP contribution in [0, 0.1) is 0 Å². The number of furan rings is 1. The number of fused-ring (bicyclic) bond motifs is 1. The molecule has 0 saturated heterocycles. The first-order valence-electron chi connectivity index (χ1n) is 6.73. The smallest absolute Gasteiger partial charge is 0.230 e. The molecule has 1 aromatic carbocycles. The van der Waals surface area contributed by atoms with E-state index in [-0.39, 0.29) is 16.8 Å². The molecule has 0 spiro atoms. The summed E-state index contributed by atoms with van der Waals surface area (Å²) in [6.45, 7) is 2.64. The van der Waals surface area contributed by atoms with Crippen LogP contribution < -0.4 is 4.74 Å². The Morgan fingerprint density at radius 2 is 2.19 bits per heavy atom. The summed E-state index contributed by atoms with van der Waals surface area (Å²) in [6.07, 6.45) is 2.57. The van der Waals surface area contributed by atoms with Gasteiger partial charge in [-0.1, -0.05) is 13.0 Å². The van der Waals surface area contributed by atoms with Crippen LogP contribution in [0.2, 0.25) is 5.22 Å². The van der Waals surface area contributed by atoms with E-state index in [1.54, 1.807) is 18.3 Å². The second-order valence-corrected chi connectivity index (χ2v) is 5.03. The maximum absolute atomic E-state index is 12.5. The number of carbonyl (C=O) groups excluding carboxylic acids is 1. The Hall–Kier alpha value is -2.20. The quantitative estimate of drug-likeness (QED) is 0.709. The third-order valence-corrected chi connectivity index (χ3v) is 3.37. The first kappa shape index (κ1) is 13.8. The standard InChI is InChI=1S/C16H14ClNO3/c1-2-8-20-12-5-3-4-11-15(12)10(9-18-11)16(19)13-6-7-14(17)21-13/h3-7,9,18H,2,8H2,1H3. The number of nitrogens with one attached hydrogen (secondary N) is 1. The molecule has 0 aliphatic rings. The third-order valence-electron chi connectivity index (χ3n) is 3.17. The van der Waals surface area contributed by atoms with E-state index in [1.165, 1.54) is 0 Å². The van der Waals surface area contributed by atoms with Crippen molar-refractivity contribution in [3.8, 4) is 5.75 Å². The number of ether oxygens (including phenoxy) is 1. The second kappa shape index (κ2) is 5.66. The molecular formula is C16H14ClNO3. The van der Waals surface area contributed by atoms with Gasteiger partial charge in [-0.05, 0) is 42.3 Å². The van der Waals surface area contributed by atoms with Crippen LogP contribution in [0.3, 0.4) is 0 Å². The highest BCUT2D eigenvalue weighted by atomic mass is 35.5. The lowest BCUT2D eigenvalue weighted by molar-refractivity contribution is 0.101. The zero-order chi connectivity index (χ0) is 14.8. The minimum atomic E-state index is -0.222. The molecule has 3 aromatic rings. The molecule has 0 aliphatic carbocycles. The first-order valence-corrected chi connectivity index (χ1v) is 7.11. The summed E-state index contributed by atoms with van der Waals surface area (Å²) in [5.41, 5.74) is 1.37. The van der Waals surface area contributed by atoms with Gasteiger partial charge in [0.1, 0.15) is 5.75 Å². The van der Waals surface area contributed by atoms with Gasteiger partial charge in [0.05, 0.1) is 17.6 Å². The maximum Gasteiger partial charge on any atom is 0.230 e. The van der Waals surface area contributed by atoms with Crippen molar-refractivity contribution in [2.75, 3.05) is 6.61 Å². The van der Waals surface area contributed by atoms with Crippen molar-refractivity contribution in [1.82, 2.24) is 4.98 Å². The molecule has 108 valence electrons. The van der Waals surface area contributed by atoms with E-state index >= 15 is 0 Å². The number of benzene rings is 1. The van der Waals surface area contributed by atoms with Crippen LogP contribution in [-0.4, -0.2) is 17.4 Å². The molecule has 5 heteroatoms. The number of rotatable bonds is 5. The van der Waals surface area contributed by atoms with Crippen molar-refractivity contribution in [1.29, 1.82) is 0 Å². The van der Waals surface area contributed by atoms with E-state index in [0.717, 1.165) is 17.3 Å². The van der Waals surface area contributed by atoms with Crippen LogP contribution >= 0.6 is 11.6 Å². The lowest BCUT2D eigenvalue weighted by Crippen LogP contribution is -2.01. The fourth-order valence-corrected chi connectivity index (χ4v) is 2.38. The molecule has 0 fully saturated rings. The number of hydrogen-bond acceptors (Lipinski definition) is 3. The fourth-order valence-electron chi connectivity index (χ4n) is 2.23. The molecule has 2 aromatic heterocycles. The molecule has 4 nitrogen and oxygen atoms in total. The lowest BCUT2D eigenvalue weighted by atomic mass is 10.1. The summed E-state index contributed by atoms with van der Waals surface area (Å²) in [6, 6.07) is 8.77. The molecule has 0 radical (unpaired) electrons. The second-order valence-electron chi connectivity index (χ2n) is 4.66. The summed E-state index contributed by atoms with van der Waals surface area (Å²) < 4.78 is 10.9. The molecular weight excluding hydrogens is 290 g/mol. The van der Waals surface area contributed by atoms with Crippen LogP contribution in [0.4, 0.5) is 0 Å². The molecule has 1 N–H and O–H groups in total. The van der Waals surface area contributed by atoms with Crippen molar-refractivity contribution in [3.63, 3.8) is 0 Å². The van der Waals surface area contributed by atoms with Crippen LogP contribution in [-0.2, 0) is 0 Å². The predicted molar refractivity (Wildman–Crippen MR) is 81.2 cm³/mol. The summed E-state index contributed by atoms with van der Waals surface area (Å²) in [5.74, 6) is 0.684. The zero-order valence-electron chi connectivity index (χ0n) is 11.5. The van der Waals surface area contributed by atoms with Crippen molar-refractivity contribution >= 4 is 28.3 Å². The van der Waals surface area contributed by atoms with Crippen molar-refractivity contribution in [3.05, 3.63) is 53.1 Å². The largest absolute Gasteiger partial charge is 0.493 e. The topological polar surface area (TPSA) is 55.2 Å². The minimum absolute atomic E-state index is 0.195. The van der Waals surface area contributed by atoms with Crippen LogP contribution in [0.25, 0.3) is 10.9 Å². The normalized spacial score (nSPS) is 11.0. The van der Waals surface area contributed by atoms with Gasteiger partial charge in [0.2, 0.25) is 5.78 Å². The summed E-state index contributed by atoms with van der Waals surface area (Å²) in [4.78, 5) is 15.6. The predicted octanol–water partition coefficient (Wildman–Crippen LogP) is 4.43. The fraction of sp³-hybridized carbons (Fsp3) is 0.188. The number of hydrogen-bond donors (Lipinski definition) is 1. The molecule has 0 bridgehead atoms. The van der Waals surface area contributed by atoms with Crippen LogP contribution in [0.1, 0.15) is 29.5 Å². The first-order chi connectivity index (χ1) is 10.2. The van der Waals surface area contributed by atoms with Crippen LogP contribution in [0.5, 0.6) is 5.75 Å². The molecule has 0 saturated carbocycles. The van der Waals surface area contributed by atoms with E-state index in [1.807, 2.05) is 25.1 Å². The monoisotopic (exact) mass is 303 g/mol. The van der Waals surface area contributed by atoms with E-state index < -0.39 is 0 Å². The Morgan fingerprint density at radius 1 is 1.33 bits per heavy atom. The van der Waals surface area contributed by atoms with E-state index in [9.17, 15) is 4.79 Å². The Kier molecular flexibility index (Phi) is 3.71. The summed E-state index contributed by atoms with van der Waals surface area (Å²) >= 11 is 5.73. The van der Waals surface area contributed by atoms with Crippen LogP contribution in [0.15, 0.2) is 40.9 Å². The van der Waals surface area contributed by atoms with E-state index in [0.29, 0.717) is 17.9 Å². The Bertz CT molecular complexity index is 788. The van der Waals surface area contributed by atoms with Crippen molar-refractivity contribution < 1.29 is 13.9 Å². The Labute approximate surface area is 126 Å².